The molecule has 0 saturated heterocycles. The van der Waals surface area contributed by atoms with Gasteiger partial charge in [0.05, 0.1) is 5.56 Å². The number of thiazole rings is 1. The Morgan fingerprint density at radius 1 is 1.25 bits per heavy atom. The van der Waals surface area contributed by atoms with Gasteiger partial charge in [0.25, 0.3) is 11.8 Å². The molecule has 0 saturated carbocycles. The Kier molecular flexibility index (Phi) is 5.97. The Balaban J connectivity index is 2.11. The number of aromatic nitrogens is 1. The van der Waals surface area contributed by atoms with Crippen LogP contribution in [-0.4, -0.2) is 34.8 Å². The average Bonchev–Trinajstić information content (AvgIpc) is 3.02. The van der Waals surface area contributed by atoms with Gasteiger partial charge < -0.3 is 4.90 Å². The highest BCUT2D eigenvalue weighted by molar-refractivity contribution is 7.14. The van der Waals surface area contributed by atoms with E-state index >= 15 is 0 Å². The van der Waals surface area contributed by atoms with E-state index in [0.29, 0.717) is 13.1 Å². The van der Waals surface area contributed by atoms with Crippen molar-refractivity contribution in [3.05, 3.63) is 72.0 Å². The topological polar surface area (TPSA) is 62.3 Å². The number of halogens is 1. The van der Waals surface area contributed by atoms with Crippen LogP contribution in [0.1, 0.15) is 20.8 Å². The summed E-state index contributed by atoms with van der Waals surface area (Å²) in [5, 5.41) is 4.26. The van der Waals surface area contributed by atoms with Gasteiger partial charge >= 0.3 is 0 Å². The van der Waals surface area contributed by atoms with Gasteiger partial charge in [-0.3, -0.25) is 14.9 Å². The van der Waals surface area contributed by atoms with Crippen LogP contribution < -0.4 is 5.32 Å². The van der Waals surface area contributed by atoms with E-state index in [9.17, 15) is 14.0 Å². The van der Waals surface area contributed by atoms with Crippen LogP contribution in [0.15, 0.2) is 55.0 Å². The van der Waals surface area contributed by atoms with Crippen molar-refractivity contribution in [2.75, 3.05) is 18.4 Å². The van der Waals surface area contributed by atoms with Crippen molar-refractivity contribution in [3.63, 3.8) is 0 Å². The van der Waals surface area contributed by atoms with Gasteiger partial charge in [-0.1, -0.05) is 24.3 Å². The fraction of sp³-hybridized carbons (Fsp3) is 0.118. The van der Waals surface area contributed by atoms with Crippen LogP contribution in [0.2, 0.25) is 0 Å². The SMILES string of the molecule is C=CCN(CC=C)C(=O)c1csc(NC(=O)c2ccccc2F)n1. The van der Waals surface area contributed by atoms with Crippen molar-refractivity contribution in [3.8, 4) is 0 Å². The molecule has 7 heteroatoms. The zero-order valence-corrected chi connectivity index (χ0v) is 13.7. The number of amides is 2. The molecule has 124 valence electrons. The molecule has 24 heavy (non-hydrogen) atoms. The van der Waals surface area contributed by atoms with Gasteiger partial charge in [0, 0.05) is 18.5 Å². The Morgan fingerprint density at radius 2 is 1.92 bits per heavy atom. The number of benzene rings is 1. The number of carbonyl (C=O) groups is 2. The summed E-state index contributed by atoms with van der Waals surface area (Å²) < 4.78 is 13.6. The highest BCUT2D eigenvalue weighted by Crippen LogP contribution is 2.18. The molecule has 2 amide bonds. The third-order valence-electron chi connectivity index (χ3n) is 3.05. The zero-order chi connectivity index (χ0) is 17.5. The Labute approximate surface area is 143 Å². The molecule has 1 aromatic carbocycles. The molecule has 5 nitrogen and oxygen atoms in total. The fourth-order valence-corrected chi connectivity index (χ4v) is 2.63. The number of anilines is 1. The number of carbonyl (C=O) groups excluding carboxylic acids is 2. The standard InChI is InChI=1S/C17H16FN3O2S/c1-3-9-21(10-4-2)16(23)14-11-24-17(19-14)20-15(22)12-7-5-6-8-13(12)18/h3-8,11H,1-2,9-10H2,(H,19,20,22). The Morgan fingerprint density at radius 3 is 2.54 bits per heavy atom. The summed E-state index contributed by atoms with van der Waals surface area (Å²) in [7, 11) is 0. The maximum atomic E-state index is 13.6. The minimum Gasteiger partial charge on any atom is -0.330 e. The maximum absolute atomic E-state index is 13.6. The molecule has 0 bridgehead atoms. The normalized spacial score (nSPS) is 10.0. The number of nitrogens with zero attached hydrogens (tertiary/aromatic N) is 2. The van der Waals surface area contributed by atoms with Crippen LogP contribution in [0.5, 0.6) is 0 Å². The summed E-state index contributed by atoms with van der Waals surface area (Å²) in [6.45, 7) is 7.93. The monoisotopic (exact) mass is 345 g/mol. The summed E-state index contributed by atoms with van der Waals surface area (Å²) in [6.07, 6.45) is 3.21. The highest BCUT2D eigenvalue weighted by Gasteiger charge is 2.18. The number of hydrogen-bond donors (Lipinski definition) is 1. The summed E-state index contributed by atoms with van der Waals surface area (Å²) >= 11 is 1.10. The van der Waals surface area contributed by atoms with Crippen molar-refractivity contribution < 1.29 is 14.0 Å². The molecule has 0 aliphatic carbocycles. The summed E-state index contributed by atoms with van der Waals surface area (Å²) in [4.78, 5) is 30.0. The quantitative estimate of drug-likeness (QED) is 0.783. The largest absolute Gasteiger partial charge is 0.330 e. The predicted octanol–water partition coefficient (Wildman–Crippen LogP) is 3.35. The van der Waals surface area contributed by atoms with E-state index in [4.69, 9.17) is 0 Å². The second kappa shape index (κ2) is 8.16. The molecule has 2 rings (SSSR count). The van der Waals surface area contributed by atoms with Gasteiger partial charge in [0.1, 0.15) is 11.5 Å². The van der Waals surface area contributed by atoms with Gasteiger partial charge in [0.2, 0.25) is 0 Å². The summed E-state index contributed by atoms with van der Waals surface area (Å²) in [5.41, 5.74) is 0.119. The van der Waals surface area contributed by atoms with Gasteiger partial charge in [0.15, 0.2) is 5.13 Å². The van der Waals surface area contributed by atoms with Crippen molar-refractivity contribution >= 4 is 28.3 Å². The van der Waals surface area contributed by atoms with Crippen LogP contribution in [0, 0.1) is 5.82 Å². The molecule has 0 fully saturated rings. The average molecular weight is 345 g/mol. The van der Waals surface area contributed by atoms with E-state index in [0.717, 1.165) is 11.3 Å². The maximum Gasteiger partial charge on any atom is 0.273 e. The summed E-state index contributed by atoms with van der Waals surface area (Å²) in [6, 6.07) is 5.64. The van der Waals surface area contributed by atoms with Gasteiger partial charge in [-0.05, 0) is 12.1 Å². The lowest BCUT2D eigenvalue weighted by Gasteiger charge is -2.17. The number of hydrogen-bond acceptors (Lipinski definition) is 4. The van der Waals surface area contributed by atoms with Crippen LogP contribution in [-0.2, 0) is 0 Å². The molecule has 1 aromatic heterocycles. The Hall–Kier alpha value is -2.80. The first-order chi connectivity index (χ1) is 11.6. The third-order valence-corrected chi connectivity index (χ3v) is 3.81. The molecular weight excluding hydrogens is 329 g/mol. The number of nitrogens with one attached hydrogen (secondary N) is 1. The second-order valence-corrected chi connectivity index (χ2v) is 5.62. The molecule has 0 unspecified atom stereocenters. The smallest absolute Gasteiger partial charge is 0.273 e. The summed E-state index contributed by atoms with van der Waals surface area (Å²) in [5.74, 6) is -1.53. The second-order valence-electron chi connectivity index (χ2n) is 4.76. The molecule has 0 aliphatic rings. The van der Waals surface area contributed by atoms with Gasteiger partial charge in [-0.25, -0.2) is 9.37 Å². The van der Waals surface area contributed by atoms with Crippen LogP contribution in [0.25, 0.3) is 0 Å². The van der Waals surface area contributed by atoms with Gasteiger partial charge in [-0.15, -0.1) is 24.5 Å². The number of rotatable bonds is 7. The first-order valence-electron chi connectivity index (χ1n) is 7.09. The highest BCUT2D eigenvalue weighted by atomic mass is 32.1. The lowest BCUT2D eigenvalue weighted by Crippen LogP contribution is -2.31. The van der Waals surface area contributed by atoms with Crippen LogP contribution in [0.3, 0.4) is 0 Å². The Bertz CT molecular complexity index is 763. The van der Waals surface area contributed by atoms with E-state index in [1.54, 1.807) is 23.6 Å². The molecule has 0 atom stereocenters. The lowest BCUT2D eigenvalue weighted by molar-refractivity contribution is 0.0785. The zero-order valence-electron chi connectivity index (χ0n) is 12.9. The van der Waals surface area contributed by atoms with Gasteiger partial charge in [-0.2, -0.15) is 0 Å². The van der Waals surface area contributed by atoms with E-state index < -0.39 is 11.7 Å². The molecule has 0 radical (unpaired) electrons. The van der Waals surface area contributed by atoms with Crippen molar-refractivity contribution in [2.24, 2.45) is 0 Å². The van der Waals surface area contributed by atoms with E-state index in [-0.39, 0.29) is 22.3 Å². The first kappa shape index (κ1) is 17.6. The molecule has 1 heterocycles. The fourth-order valence-electron chi connectivity index (χ4n) is 1.95. The van der Waals surface area contributed by atoms with Crippen molar-refractivity contribution in [1.82, 2.24) is 9.88 Å². The minimum atomic E-state index is -0.619. The van der Waals surface area contributed by atoms with Crippen LogP contribution in [0.4, 0.5) is 9.52 Å². The molecular formula is C17H16FN3O2S. The predicted molar refractivity (Wildman–Crippen MR) is 92.8 cm³/mol. The first-order valence-corrected chi connectivity index (χ1v) is 7.97. The van der Waals surface area contributed by atoms with E-state index in [1.165, 1.54) is 23.1 Å². The van der Waals surface area contributed by atoms with E-state index in [2.05, 4.69) is 23.5 Å². The molecule has 0 aliphatic heterocycles. The molecule has 2 aromatic rings. The lowest BCUT2D eigenvalue weighted by atomic mass is 10.2. The molecule has 0 spiro atoms. The van der Waals surface area contributed by atoms with Crippen molar-refractivity contribution in [1.29, 1.82) is 0 Å². The van der Waals surface area contributed by atoms with Crippen molar-refractivity contribution in [2.45, 2.75) is 0 Å². The van der Waals surface area contributed by atoms with Crippen LogP contribution >= 0.6 is 11.3 Å². The third kappa shape index (κ3) is 4.14. The van der Waals surface area contributed by atoms with E-state index in [1.807, 2.05) is 0 Å². The molecule has 1 N–H and O–H groups in total. The minimum absolute atomic E-state index is 0.0829.